The van der Waals surface area contributed by atoms with E-state index < -0.39 is 22.1 Å². The minimum absolute atomic E-state index is 0.00508. The van der Waals surface area contributed by atoms with E-state index in [-0.39, 0.29) is 30.0 Å². The molecule has 0 spiro atoms. The SMILES string of the molecule is COC(=O)[C@H]1CN(C(=O)COc2ccc(S(=O)(=O)NC3CCCCC3)cc2C)c2ccccc2O1. The van der Waals surface area contributed by atoms with Crippen LogP contribution in [0.3, 0.4) is 0 Å². The molecule has 4 rings (SSSR count). The largest absolute Gasteiger partial charge is 0.483 e. The molecule has 1 atom stereocenters. The third kappa shape index (κ3) is 5.76. The number of rotatable bonds is 7. The monoisotopic (exact) mass is 502 g/mol. The van der Waals surface area contributed by atoms with E-state index in [4.69, 9.17) is 14.2 Å². The highest BCUT2D eigenvalue weighted by atomic mass is 32.2. The molecule has 10 heteroatoms. The number of carbonyl (C=O) groups excluding carboxylic acids is 2. The number of hydrogen-bond acceptors (Lipinski definition) is 7. The highest BCUT2D eigenvalue weighted by Gasteiger charge is 2.34. The number of para-hydroxylation sites is 2. The molecular formula is C25H30N2O7S. The summed E-state index contributed by atoms with van der Waals surface area (Å²) < 4.78 is 44.6. The molecule has 0 unspecified atom stereocenters. The van der Waals surface area contributed by atoms with Gasteiger partial charge in [0, 0.05) is 6.04 Å². The van der Waals surface area contributed by atoms with Crippen molar-refractivity contribution in [1.82, 2.24) is 4.72 Å². The normalized spacial score (nSPS) is 18.3. The molecule has 1 aliphatic heterocycles. The summed E-state index contributed by atoms with van der Waals surface area (Å²) in [6.45, 7) is 1.43. The second-order valence-electron chi connectivity index (χ2n) is 8.77. The van der Waals surface area contributed by atoms with Gasteiger partial charge in [0.25, 0.3) is 5.91 Å². The van der Waals surface area contributed by atoms with Crippen molar-refractivity contribution >= 4 is 27.6 Å². The molecule has 0 aromatic heterocycles. The molecule has 2 aromatic rings. The van der Waals surface area contributed by atoms with E-state index >= 15 is 0 Å². The van der Waals surface area contributed by atoms with Gasteiger partial charge in [0.15, 0.2) is 6.61 Å². The maximum atomic E-state index is 13.0. The minimum atomic E-state index is -3.64. The van der Waals surface area contributed by atoms with E-state index in [1.54, 1.807) is 43.3 Å². The predicted molar refractivity (Wildman–Crippen MR) is 129 cm³/mol. The van der Waals surface area contributed by atoms with Gasteiger partial charge in [0.2, 0.25) is 16.1 Å². The van der Waals surface area contributed by atoms with E-state index in [0.717, 1.165) is 32.1 Å². The van der Waals surface area contributed by atoms with Crippen LogP contribution in [0.2, 0.25) is 0 Å². The number of fused-ring (bicyclic) bond motifs is 1. The zero-order valence-corrected chi connectivity index (χ0v) is 20.7. The molecule has 1 aliphatic carbocycles. The molecule has 0 bridgehead atoms. The van der Waals surface area contributed by atoms with Crippen LogP contribution in [0.25, 0.3) is 0 Å². The Hall–Kier alpha value is -3.11. The fourth-order valence-electron chi connectivity index (χ4n) is 4.40. The first-order chi connectivity index (χ1) is 16.8. The Bertz CT molecular complexity index is 1190. The Morgan fingerprint density at radius 3 is 2.57 bits per heavy atom. The number of benzene rings is 2. The zero-order chi connectivity index (χ0) is 25.0. The minimum Gasteiger partial charge on any atom is -0.483 e. The van der Waals surface area contributed by atoms with Crippen LogP contribution in [0.15, 0.2) is 47.4 Å². The number of ether oxygens (including phenoxy) is 3. The molecule has 1 heterocycles. The van der Waals surface area contributed by atoms with Gasteiger partial charge < -0.3 is 19.1 Å². The first-order valence-corrected chi connectivity index (χ1v) is 13.2. The van der Waals surface area contributed by atoms with Crippen LogP contribution in [0.1, 0.15) is 37.7 Å². The van der Waals surface area contributed by atoms with Crippen molar-refractivity contribution in [1.29, 1.82) is 0 Å². The Kier molecular flexibility index (Phi) is 7.61. The standard InChI is InChI=1S/C25H30N2O7S/c1-17-14-19(35(30,31)26-18-8-4-3-5-9-18)12-13-21(17)33-16-24(28)27-15-23(25(29)32-2)34-22-11-7-6-10-20(22)27/h6-7,10-14,18,23,26H,3-5,8-9,15-16H2,1-2H3/t23-/m1/s1. The molecular weight excluding hydrogens is 472 g/mol. The average Bonchev–Trinajstić information content (AvgIpc) is 2.86. The molecule has 0 radical (unpaired) electrons. The summed E-state index contributed by atoms with van der Waals surface area (Å²) in [7, 11) is -2.37. The third-order valence-corrected chi connectivity index (χ3v) is 7.79. The summed E-state index contributed by atoms with van der Waals surface area (Å²) >= 11 is 0. The molecule has 188 valence electrons. The number of sulfonamides is 1. The lowest BCUT2D eigenvalue weighted by atomic mass is 9.96. The number of esters is 1. The quantitative estimate of drug-likeness (QED) is 0.580. The number of amides is 1. The molecule has 1 saturated carbocycles. The number of nitrogens with zero attached hydrogens (tertiary/aromatic N) is 1. The van der Waals surface area contributed by atoms with Gasteiger partial charge >= 0.3 is 5.97 Å². The number of aryl methyl sites for hydroxylation is 1. The molecule has 9 nitrogen and oxygen atoms in total. The molecule has 0 saturated heterocycles. The van der Waals surface area contributed by atoms with Gasteiger partial charge in [-0.3, -0.25) is 4.79 Å². The number of methoxy groups -OCH3 is 1. The van der Waals surface area contributed by atoms with Crippen LogP contribution < -0.4 is 19.1 Å². The molecule has 35 heavy (non-hydrogen) atoms. The number of carbonyl (C=O) groups is 2. The second-order valence-corrected chi connectivity index (χ2v) is 10.5. The van der Waals surface area contributed by atoms with E-state index in [1.807, 2.05) is 0 Å². The lowest BCUT2D eigenvalue weighted by Crippen LogP contribution is -2.48. The van der Waals surface area contributed by atoms with Crippen molar-refractivity contribution in [3.05, 3.63) is 48.0 Å². The van der Waals surface area contributed by atoms with Gasteiger partial charge in [-0.2, -0.15) is 0 Å². The number of hydrogen-bond donors (Lipinski definition) is 1. The van der Waals surface area contributed by atoms with Crippen LogP contribution in [0.4, 0.5) is 5.69 Å². The Balaban J connectivity index is 1.43. The van der Waals surface area contributed by atoms with Gasteiger partial charge in [-0.05, 0) is 55.7 Å². The zero-order valence-electron chi connectivity index (χ0n) is 19.9. The summed E-state index contributed by atoms with van der Waals surface area (Å²) in [6, 6.07) is 11.5. The molecule has 1 fully saturated rings. The first-order valence-electron chi connectivity index (χ1n) is 11.7. The van der Waals surface area contributed by atoms with Gasteiger partial charge in [0.05, 0.1) is 24.2 Å². The molecule has 2 aliphatic rings. The fourth-order valence-corrected chi connectivity index (χ4v) is 5.79. The number of nitrogens with one attached hydrogen (secondary N) is 1. The highest BCUT2D eigenvalue weighted by molar-refractivity contribution is 7.89. The van der Waals surface area contributed by atoms with Crippen molar-refractivity contribution in [2.75, 3.05) is 25.2 Å². The maximum absolute atomic E-state index is 13.0. The second kappa shape index (κ2) is 10.7. The summed E-state index contributed by atoms with van der Waals surface area (Å²) in [5.74, 6) is -0.142. The van der Waals surface area contributed by atoms with Crippen molar-refractivity contribution in [2.24, 2.45) is 0 Å². The van der Waals surface area contributed by atoms with Crippen LogP contribution in [-0.4, -0.2) is 52.7 Å². The van der Waals surface area contributed by atoms with Crippen molar-refractivity contribution in [3.8, 4) is 11.5 Å². The predicted octanol–water partition coefficient (Wildman–Crippen LogP) is 2.95. The summed E-state index contributed by atoms with van der Waals surface area (Å²) in [5, 5.41) is 0. The third-order valence-electron chi connectivity index (χ3n) is 6.27. The van der Waals surface area contributed by atoms with Gasteiger partial charge in [0.1, 0.15) is 11.5 Å². The smallest absolute Gasteiger partial charge is 0.348 e. The lowest BCUT2D eigenvalue weighted by Gasteiger charge is -2.33. The van der Waals surface area contributed by atoms with Crippen LogP contribution in [0.5, 0.6) is 11.5 Å². The topological polar surface area (TPSA) is 111 Å². The van der Waals surface area contributed by atoms with Crippen molar-refractivity contribution in [3.63, 3.8) is 0 Å². The van der Waals surface area contributed by atoms with Crippen molar-refractivity contribution < 1.29 is 32.2 Å². The van der Waals surface area contributed by atoms with E-state index in [1.165, 1.54) is 18.1 Å². The maximum Gasteiger partial charge on any atom is 0.348 e. The Morgan fingerprint density at radius 2 is 1.86 bits per heavy atom. The van der Waals surface area contributed by atoms with Crippen LogP contribution in [0, 0.1) is 6.92 Å². The van der Waals surface area contributed by atoms with Crippen molar-refractivity contribution in [2.45, 2.75) is 56.1 Å². The van der Waals surface area contributed by atoms with Gasteiger partial charge in [-0.25, -0.2) is 17.9 Å². The van der Waals surface area contributed by atoms with E-state index in [2.05, 4.69) is 4.72 Å². The Labute approximate surface area is 205 Å². The molecule has 2 aromatic carbocycles. The summed E-state index contributed by atoms with van der Waals surface area (Å²) in [6.07, 6.45) is 3.96. The highest BCUT2D eigenvalue weighted by Crippen LogP contribution is 2.33. The molecule has 1 N–H and O–H groups in total. The van der Waals surface area contributed by atoms with E-state index in [0.29, 0.717) is 22.7 Å². The fraction of sp³-hybridized carbons (Fsp3) is 0.440. The Morgan fingerprint density at radius 1 is 1.11 bits per heavy atom. The van der Waals surface area contributed by atoms with E-state index in [9.17, 15) is 18.0 Å². The van der Waals surface area contributed by atoms with Crippen LogP contribution in [-0.2, 0) is 24.3 Å². The number of anilines is 1. The molecule has 1 amide bonds. The summed E-state index contributed by atoms with van der Waals surface area (Å²) in [5.41, 5.74) is 1.13. The first kappa shape index (κ1) is 25.0. The van der Waals surface area contributed by atoms with Crippen LogP contribution >= 0.6 is 0 Å². The average molecular weight is 503 g/mol. The van der Waals surface area contributed by atoms with Gasteiger partial charge in [-0.1, -0.05) is 31.4 Å². The van der Waals surface area contributed by atoms with Gasteiger partial charge in [-0.15, -0.1) is 0 Å². The summed E-state index contributed by atoms with van der Waals surface area (Å²) in [4.78, 5) is 26.7. The lowest BCUT2D eigenvalue weighted by molar-refractivity contribution is -0.148.